The van der Waals surface area contributed by atoms with Gasteiger partial charge in [-0.15, -0.1) is 0 Å². The Morgan fingerprint density at radius 3 is 2.19 bits per heavy atom. The molecule has 0 spiro atoms. The van der Waals surface area contributed by atoms with E-state index in [9.17, 15) is 14.4 Å². The zero-order valence-corrected chi connectivity index (χ0v) is 19.2. The molecule has 172 valence electrons. The molecule has 0 aliphatic carbocycles. The monoisotopic (exact) mass is 442 g/mol. The highest BCUT2D eigenvalue weighted by molar-refractivity contribution is 5.96. The second-order valence-electron chi connectivity index (χ2n) is 7.17. The van der Waals surface area contributed by atoms with Crippen molar-refractivity contribution >= 4 is 23.5 Å². The summed E-state index contributed by atoms with van der Waals surface area (Å²) in [7, 11) is 1.48. The molecule has 8 heteroatoms. The van der Waals surface area contributed by atoms with Crippen LogP contribution in [0.3, 0.4) is 0 Å². The molecule has 0 saturated carbocycles. The molecule has 0 aliphatic heterocycles. The summed E-state index contributed by atoms with van der Waals surface area (Å²) < 4.78 is 16.1. The number of hydrogen-bond acceptors (Lipinski definition) is 6. The molecule has 2 rings (SSSR count). The average molecular weight is 443 g/mol. The molecular formula is C24H30N2O6. The zero-order valence-electron chi connectivity index (χ0n) is 19.2. The number of hydrogen-bond donors (Lipinski definition) is 1. The van der Waals surface area contributed by atoms with Crippen LogP contribution >= 0.6 is 0 Å². The van der Waals surface area contributed by atoms with Crippen molar-refractivity contribution in [3.8, 4) is 11.5 Å². The van der Waals surface area contributed by atoms with E-state index in [1.807, 2.05) is 45.9 Å². The van der Waals surface area contributed by atoms with Crippen LogP contribution in [0.5, 0.6) is 11.5 Å². The highest BCUT2D eigenvalue weighted by atomic mass is 16.5. The van der Waals surface area contributed by atoms with E-state index in [4.69, 9.17) is 14.2 Å². The molecule has 0 heterocycles. The summed E-state index contributed by atoms with van der Waals surface area (Å²) in [6, 6.07) is 10.4. The molecule has 0 unspecified atom stereocenters. The van der Waals surface area contributed by atoms with Crippen LogP contribution in [0, 0.1) is 13.8 Å². The first-order valence-corrected chi connectivity index (χ1v) is 10.4. The van der Waals surface area contributed by atoms with Gasteiger partial charge in [-0.05, 0) is 57.0 Å². The maximum Gasteiger partial charge on any atom is 0.338 e. The van der Waals surface area contributed by atoms with Gasteiger partial charge in [-0.2, -0.15) is 0 Å². The summed E-state index contributed by atoms with van der Waals surface area (Å²) >= 11 is 0. The molecule has 0 fully saturated rings. The highest BCUT2D eigenvalue weighted by Gasteiger charge is 2.18. The second kappa shape index (κ2) is 11.7. The van der Waals surface area contributed by atoms with Gasteiger partial charge in [0.25, 0.3) is 5.91 Å². The highest BCUT2D eigenvalue weighted by Crippen LogP contribution is 2.28. The van der Waals surface area contributed by atoms with Crippen LogP contribution in [0.4, 0.5) is 5.69 Å². The number of anilines is 1. The van der Waals surface area contributed by atoms with E-state index in [2.05, 4.69) is 5.32 Å². The summed E-state index contributed by atoms with van der Waals surface area (Å²) in [6.07, 6.45) is 0. The number of amides is 2. The van der Waals surface area contributed by atoms with Crippen molar-refractivity contribution in [1.29, 1.82) is 0 Å². The van der Waals surface area contributed by atoms with E-state index in [1.165, 1.54) is 18.0 Å². The van der Waals surface area contributed by atoms with Gasteiger partial charge in [0.15, 0.2) is 18.1 Å². The molecule has 2 aromatic rings. The van der Waals surface area contributed by atoms with E-state index < -0.39 is 18.5 Å². The van der Waals surface area contributed by atoms with Gasteiger partial charge >= 0.3 is 5.97 Å². The van der Waals surface area contributed by atoms with Crippen LogP contribution in [-0.4, -0.2) is 56.1 Å². The first kappa shape index (κ1) is 24.7. The first-order valence-electron chi connectivity index (χ1n) is 10.4. The fourth-order valence-corrected chi connectivity index (χ4v) is 2.99. The Labute approximate surface area is 188 Å². The number of ether oxygens (including phenoxy) is 3. The topological polar surface area (TPSA) is 94.2 Å². The van der Waals surface area contributed by atoms with Gasteiger partial charge in [-0.1, -0.05) is 18.2 Å². The predicted octanol–water partition coefficient (Wildman–Crippen LogP) is 3.35. The third kappa shape index (κ3) is 6.73. The lowest BCUT2D eigenvalue weighted by Gasteiger charge is -2.18. The number of esters is 1. The number of carbonyl (C=O) groups excluding carboxylic acids is 3. The van der Waals surface area contributed by atoms with Gasteiger partial charge in [0.2, 0.25) is 5.91 Å². The number of carbonyl (C=O) groups is 3. The summed E-state index contributed by atoms with van der Waals surface area (Å²) in [5, 5.41) is 2.82. The van der Waals surface area contributed by atoms with Crippen molar-refractivity contribution in [2.24, 2.45) is 0 Å². The molecule has 8 nitrogen and oxygen atoms in total. The van der Waals surface area contributed by atoms with Gasteiger partial charge in [-0.25, -0.2) is 4.79 Å². The summed E-state index contributed by atoms with van der Waals surface area (Å²) in [6.45, 7) is 7.69. The van der Waals surface area contributed by atoms with Gasteiger partial charge in [-0.3, -0.25) is 9.59 Å². The number of aryl methyl sites for hydroxylation is 2. The molecule has 0 aliphatic rings. The number of nitrogens with one attached hydrogen (secondary N) is 1. The number of para-hydroxylation sites is 1. The molecule has 0 radical (unpaired) electrons. The third-order valence-corrected chi connectivity index (χ3v) is 4.66. The number of likely N-dealkylation sites (N-methyl/N-ethyl adjacent to an activating group) is 1. The lowest BCUT2D eigenvalue weighted by atomic mass is 10.1. The molecular weight excluding hydrogens is 412 g/mol. The van der Waals surface area contributed by atoms with E-state index in [0.717, 1.165) is 16.8 Å². The van der Waals surface area contributed by atoms with Crippen molar-refractivity contribution in [3.05, 3.63) is 53.1 Å². The van der Waals surface area contributed by atoms with E-state index in [0.29, 0.717) is 24.7 Å². The lowest BCUT2D eigenvalue weighted by Crippen LogP contribution is -2.37. The van der Waals surface area contributed by atoms with Crippen molar-refractivity contribution in [3.63, 3.8) is 0 Å². The Bertz CT molecular complexity index is 953. The minimum Gasteiger partial charge on any atom is -0.490 e. The molecule has 0 atom stereocenters. The van der Waals surface area contributed by atoms with Crippen LogP contribution in [0.25, 0.3) is 0 Å². The van der Waals surface area contributed by atoms with Crippen LogP contribution in [0.2, 0.25) is 0 Å². The maximum absolute atomic E-state index is 12.4. The van der Waals surface area contributed by atoms with Gasteiger partial charge in [0, 0.05) is 12.7 Å². The van der Waals surface area contributed by atoms with Crippen molar-refractivity contribution in [1.82, 2.24) is 4.90 Å². The number of rotatable bonds is 10. The molecule has 1 N–H and O–H groups in total. The summed E-state index contributed by atoms with van der Waals surface area (Å²) in [4.78, 5) is 38.2. The molecule has 0 saturated heterocycles. The van der Waals surface area contributed by atoms with Crippen LogP contribution < -0.4 is 14.8 Å². The number of benzene rings is 2. The smallest absolute Gasteiger partial charge is 0.338 e. The van der Waals surface area contributed by atoms with Crippen molar-refractivity contribution in [2.45, 2.75) is 27.7 Å². The average Bonchev–Trinajstić information content (AvgIpc) is 2.76. The molecule has 0 aromatic heterocycles. The van der Waals surface area contributed by atoms with E-state index in [1.54, 1.807) is 12.1 Å². The minimum absolute atomic E-state index is 0.165. The molecule has 2 amide bonds. The van der Waals surface area contributed by atoms with Crippen LogP contribution in [-0.2, 0) is 14.3 Å². The minimum atomic E-state index is -0.671. The lowest BCUT2D eigenvalue weighted by molar-refractivity contribution is -0.136. The molecule has 32 heavy (non-hydrogen) atoms. The summed E-state index contributed by atoms with van der Waals surface area (Å²) in [5.74, 6) is -0.550. The predicted molar refractivity (Wildman–Crippen MR) is 121 cm³/mol. The van der Waals surface area contributed by atoms with Crippen LogP contribution in [0.15, 0.2) is 36.4 Å². The largest absolute Gasteiger partial charge is 0.490 e. The van der Waals surface area contributed by atoms with E-state index >= 15 is 0 Å². The maximum atomic E-state index is 12.4. The SMILES string of the molecule is CCOc1ccc(C(=O)OCC(=O)N(C)CC(=O)Nc2c(C)cccc2C)cc1OCC. The molecule has 2 aromatic carbocycles. The van der Waals surface area contributed by atoms with Crippen molar-refractivity contribution < 1.29 is 28.6 Å². The zero-order chi connectivity index (χ0) is 23.7. The van der Waals surface area contributed by atoms with Gasteiger partial charge in [0.1, 0.15) is 0 Å². The van der Waals surface area contributed by atoms with E-state index in [-0.39, 0.29) is 18.0 Å². The number of nitrogens with zero attached hydrogens (tertiary/aromatic N) is 1. The van der Waals surface area contributed by atoms with Crippen molar-refractivity contribution in [2.75, 3.05) is 38.7 Å². The normalized spacial score (nSPS) is 10.3. The van der Waals surface area contributed by atoms with Gasteiger partial charge < -0.3 is 24.4 Å². The third-order valence-electron chi connectivity index (χ3n) is 4.66. The quantitative estimate of drug-likeness (QED) is 0.567. The first-order chi connectivity index (χ1) is 15.3. The molecule has 0 bridgehead atoms. The second-order valence-corrected chi connectivity index (χ2v) is 7.17. The fourth-order valence-electron chi connectivity index (χ4n) is 2.99. The Balaban J connectivity index is 1.91. The van der Waals surface area contributed by atoms with Crippen LogP contribution in [0.1, 0.15) is 35.3 Å². The Hall–Kier alpha value is -3.55. The standard InChI is InChI=1S/C24H30N2O6/c1-6-30-19-12-11-18(13-20(19)31-7-2)24(29)32-15-22(28)26(5)14-21(27)25-23-16(3)9-8-10-17(23)4/h8-13H,6-7,14-15H2,1-5H3,(H,25,27). The fraction of sp³-hybridized carbons (Fsp3) is 0.375. The summed E-state index contributed by atoms with van der Waals surface area (Å²) in [5.41, 5.74) is 2.83. The Kier molecular flexibility index (Phi) is 9.07. The Morgan fingerprint density at radius 2 is 1.56 bits per heavy atom. The van der Waals surface area contributed by atoms with Gasteiger partial charge in [0.05, 0.1) is 25.3 Å². The Morgan fingerprint density at radius 1 is 0.938 bits per heavy atom.